The van der Waals surface area contributed by atoms with Crippen LogP contribution in [0.15, 0.2) is 69.0 Å². The van der Waals surface area contributed by atoms with Gasteiger partial charge >= 0.3 is 0 Å². The van der Waals surface area contributed by atoms with Crippen LogP contribution in [0.25, 0.3) is 10.9 Å². The zero-order valence-electron chi connectivity index (χ0n) is 21.8. The first-order chi connectivity index (χ1) is 18.8. The molecule has 0 aliphatic rings. The second kappa shape index (κ2) is 13.2. The number of carbonyl (C=O) groups excluding carboxylic acids is 1. The number of anilines is 1. The summed E-state index contributed by atoms with van der Waals surface area (Å²) < 4.78 is 14.3. The number of aromatic nitrogens is 2. The monoisotopic (exact) mass is 702 g/mol. The Balaban J connectivity index is 1.58. The molecule has 0 radical (unpaired) electrons. The first-order valence-electron chi connectivity index (χ1n) is 12.4. The third-order valence-electron chi connectivity index (χ3n) is 5.89. The van der Waals surface area contributed by atoms with Gasteiger partial charge in [-0.25, -0.2) is 4.98 Å². The molecule has 39 heavy (non-hydrogen) atoms. The van der Waals surface area contributed by atoms with Gasteiger partial charge < -0.3 is 14.8 Å². The fourth-order valence-corrected chi connectivity index (χ4v) is 5.00. The van der Waals surface area contributed by atoms with Crippen LogP contribution in [0.1, 0.15) is 36.7 Å². The van der Waals surface area contributed by atoms with Crippen molar-refractivity contribution in [3.05, 3.63) is 89.9 Å². The van der Waals surface area contributed by atoms with Crippen LogP contribution in [0.3, 0.4) is 0 Å². The van der Waals surface area contributed by atoms with Crippen molar-refractivity contribution < 1.29 is 14.3 Å². The summed E-state index contributed by atoms with van der Waals surface area (Å²) in [6.07, 6.45) is 4.09. The van der Waals surface area contributed by atoms with Gasteiger partial charge in [-0.05, 0) is 84.0 Å². The van der Waals surface area contributed by atoms with Crippen LogP contribution in [0.5, 0.6) is 11.5 Å². The molecule has 1 N–H and O–H groups in total. The molecule has 0 bridgehead atoms. The minimum Gasteiger partial charge on any atom is -0.493 e. The Bertz CT molecular complexity index is 1590. The normalized spacial score (nSPS) is 11.2. The zero-order valence-corrected chi connectivity index (χ0v) is 25.6. The van der Waals surface area contributed by atoms with E-state index in [1.165, 1.54) is 11.8 Å². The van der Waals surface area contributed by atoms with E-state index in [9.17, 15) is 9.59 Å². The maximum atomic E-state index is 13.3. The largest absolute Gasteiger partial charge is 0.493 e. The summed E-state index contributed by atoms with van der Waals surface area (Å²) in [5.74, 6) is 1.23. The Kier molecular flexibility index (Phi) is 9.73. The number of nitrogens with one attached hydrogen (secondary N) is 1. The molecule has 3 aromatic carbocycles. The molecule has 10 heteroatoms. The average molecular weight is 703 g/mol. The number of hydrogen-bond donors (Lipinski definition) is 1. The topological polar surface area (TPSA) is 94.8 Å². The van der Waals surface area contributed by atoms with E-state index < -0.39 is 0 Å². The lowest BCUT2D eigenvalue weighted by Gasteiger charge is -2.14. The summed E-state index contributed by atoms with van der Waals surface area (Å²) in [5, 5.41) is 7.82. The first kappa shape index (κ1) is 28.8. The smallest absolute Gasteiger partial charge is 0.282 e. The second-order valence-corrected chi connectivity index (χ2v) is 11.0. The second-order valence-electron chi connectivity index (χ2n) is 8.89. The molecule has 4 rings (SSSR count). The van der Waals surface area contributed by atoms with Gasteiger partial charge in [-0.1, -0.05) is 47.0 Å². The Morgan fingerprint density at radius 2 is 1.95 bits per heavy atom. The molecule has 8 nitrogen and oxygen atoms in total. The molecular weight excluding hydrogens is 675 g/mol. The maximum absolute atomic E-state index is 13.3. The predicted molar refractivity (Wildman–Crippen MR) is 166 cm³/mol. The third kappa shape index (κ3) is 7.24. The van der Waals surface area contributed by atoms with E-state index >= 15 is 0 Å². The van der Waals surface area contributed by atoms with E-state index in [-0.39, 0.29) is 18.1 Å². The molecule has 1 amide bonds. The van der Waals surface area contributed by atoms with E-state index in [2.05, 4.69) is 55.9 Å². The van der Waals surface area contributed by atoms with Crippen molar-refractivity contribution in [3.63, 3.8) is 0 Å². The molecule has 0 unspecified atom stereocenters. The summed E-state index contributed by atoms with van der Waals surface area (Å²) in [4.78, 5) is 30.5. The number of halogens is 2. The lowest BCUT2D eigenvalue weighted by atomic mass is 10.2. The Hall–Kier alpha value is -3.25. The predicted octanol–water partition coefficient (Wildman–Crippen LogP) is 6.32. The molecule has 0 spiro atoms. The fourth-order valence-electron chi connectivity index (χ4n) is 3.86. The number of methoxy groups -OCH3 is 1. The van der Waals surface area contributed by atoms with E-state index in [0.29, 0.717) is 45.9 Å². The summed E-state index contributed by atoms with van der Waals surface area (Å²) in [5.41, 5.74) is 2.93. The summed E-state index contributed by atoms with van der Waals surface area (Å²) in [7, 11) is 1.53. The lowest BCUT2D eigenvalue weighted by Crippen LogP contribution is -2.22. The van der Waals surface area contributed by atoms with Crippen molar-refractivity contribution in [1.29, 1.82) is 0 Å². The van der Waals surface area contributed by atoms with Gasteiger partial charge in [0.05, 0.1) is 27.8 Å². The molecule has 4 aromatic rings. The van der Waals surface area contributed by atoms with Crippen LogP contribution in [0.4, 0.5) is 5.69 Å². The van der Waals surface area contributed by atoms with Gasteiger partial charge in [0.25, 0.3) is 11.5 Å². The molecule has 202 valence electrons. The van der Waals surface area contributed by atoms with E-state index in [0.717, 1.165) is 26.4 Å². The SMILES string of the molecule is CCCCc1nc2ccc(Br)cc2c(=O)n1N=Cc1cc(I)c(OCC(=O)Nc2ccc(C)cc2)c(OC)c1. The van der Waals surface area contributed by atoms with E-state index in [1.807, 2.05) is 49.4 Å². The van der Waals surface area contributed by atoms with Gasteiger partial charge in [-0.15, -0.1) is 0 Å². The van der Waals surface area contributed by atoms with Crippen LogP contribution < -0.4 is 20.3 Å². The number of aryl methyl sites for hydroxylation is 2. The number of benzene rings is 3. The first-order valence-corrected chi connectivity index (χ1v) is 14.3. The third-order valence-corrected chi connectivity index (χ3v) is 7.18. The van der Waals surface area contributed by atoms with Gasteiger partial charge in [0, 0.05) is 16.6 Å². The Morgan fingerprint density at radius 1 is 1.18 bits per heavy atom. The lowest BCUT2D eigenvalue weighted by molar-refractivity contribution is -0.118. The number of hydrogen-bond acceptors (Lipinski definition) is 6. The van der Waals surface area contributed by atoms with Crippen LogP contribution >= 0.6 is 38.5 Å². The van der Waals surface area contributed by atoms with Crippen molar-refractivity contribution in [3.8, 4) is 11.5 Å². The van der Waals surface area contributed by atoms with Crippen molar-refractivity contribution in [2.45, 2.75) is 33.1 Å². The summed E-state index contributed by atoms with van der Waals surface area (Å²) >= 11 is 5.56. The Morgan fingerprint density at radius 3 is 2.67 bits per heavy atom. The number of fused-ring (bicyclic) bond motifs is 1. The fraction of sp³-hybridized carbons (Fsp3) is 0.241. The highest BCUT2D eigenvalue weighted by Gasteiger charge is 2.15. The number of carbonyl (C=O) groups is 1. The minimum absolute atomic E-state index is 0.178. The van der Waals surface area contributed by atoms with Gasteiger partial charge in [0.2, 0.25) is 0 Å². The molecule has 0 saturated carbocycles. The standard InChI is InChI=1S/C29H28BrIN4O4/c1-4-5-6-26-34-24-12-9-20(30)15-22(24)29(37)35(26)32-16-19-13-23(31)28(25(14-19)38-3)39-17-27(36)33-21-10-7-18(2)8-11-21/h7-16H,4-6,17H2,1-3H3,(H,33,36). The highest BCUT2D eigenvalue weighted by molar-refractivity contribution is 14.1. The van der Waals surface area contributed by atoms with Crippen molar-refractivity contribution in [2.24, 2.45) is 5.10 Å². The molecule has 0 saturated heterocycles. The highest BCUT2D eigenvalue weighted by Crippen LogP contribution is 2.33. The Labute approximate surface area is 248 Å². The molecular formula is C29H28BrIN4O4. The molecule has 0 aliphatic carbocycles. The number of rotatable bonds is 10. The van der Waals surface area contributed by atoms with Crippen LogP contribution in [0, 0.1) is 10.5 Å². The quantitative estimate of drug-likeness (QED) is 0.154. The number of ether oxygens (including phenoxy) is 2. The molecule has 1 heterocycles. The molecule has 0 fully saturated rings. The molecule has 0 atom stereocenters. The van der Waals surface area contributed by atoms with Crippen molar-refractivity contribution >= 4 is 67.2 Å². The number of nitrogens with zero attached hydrogens (tertiary/aromatic N) is 3. The summed E-state index contributed by atoms with van der Waals surface area (Å²) in [6, 6.07) is 16.6. The maximum Gasteiger partial charge on any atom is 0.282 e. The van der Waals surface area contributed by atoms with Crippen LogP contribution in [0.2, 0.25) is 0 Å². The van der Waals surface area contributed by atoms with Crippen molar-refractivity contribution in [1.82, 2.24) is 9.66 Å². The number of amides is 1. The van der Waals surface area contributed by atoms with Gasteiger partial charge in [-0.3, -0.25) is 9.59 Å². The van der Waals surface area contributed by atoms with Gasteiger partial charge in [0.15, 0.2) is 18.1 Å². The van der Waals surface area contributed by atoms with Crippen LogP contribution in [-0.2, 0) is 11.2 Å². The minimum atomic E-state index is -0.281. The van der Waals surface area contributed by atoms with Crippen molar-refractivity contribution in [2.75, 3.05) is 19.0 Å². The van der Waals surface area contributed by atoms with Crippen LogP contribution in [-0.4, -0.2) is 35.5 Å². The average Bonchev–Trinajstić information content (AvgIpc) is 2.92. The van der Waals surface area contributed by atoms with Gasteiger partial charge in [0.1, 0.15) is 5.82 Å². The summed E-state index contributed by atoms with van der Waals surface area (Å²) in [6.45, 7) is 3.90. The molecule has 1 aromatic heterocycles. The highest BCUT2D eigenvalue weighted by atomic mass is 127. The van der Waals surface area contributed by atoms with E-state index in [1.54, 1.807) is 18.3 Å². The number of unbranched alkanes of at least 4 members (excludes halogenated alkanes) is 1. The molecule has 0 aliphatic heterocycles. The van der Waals surface area contributed by atoms with Gasteiger partial charge in [-0.2, -0.15) is 9.78 Å². The van der Waals surface area contributed by atoms with E-state index in [4.69, 9.17) is 14.5 Å². The zero-order chi connectivity index (χ0) is 27.9.